The third kappa shape index (κ3) is 4.63. The summed E-state index contributed by atoms with van der Waals surface area (Å²) in [7, 11) is 0. The lowest BCUT2D eigenvalue weighted by atomic mass is 10.2. The molecule has 0 bridgehead atoms. The zero-order valence-electron chi connectivity index (χ0n) is 13.6. The lowest BCUT2D eigenvalue weighted by molar-refractivity contribution is -0.115. The van der Waals surface area contributed by atoms with Crippen LogP contribution in [0, 0.1) is 5.82 Å². The Kier molecular flexibility index (Phi) is 5.39. The minimum absolute atomic E-state index is 0.0995. The van der Waals surface area contributed by atoms with Crippen molar-refractivity contribution >= 4 is 17.5 Å². The summed E-state index contributed by atoms with van der Waals surface area (Å²) in [4.78, 5) is 23.8. The van der Waals surface area contributed by atoms with Crippen LogP contribution < -0.4 is 10.6 Å². The summed E-state index contributed by atoms with van der Waals surface area (Å²) in [5.41, 5.74) is 0.826. The SMILES string of the molecule is O=C(CNC(=O)c1ccc(F)cc1)Nc1cnn(C2CCCCO2)c1. The number of halogens is 1. The molecule has 2 aromatic rings. The second-order valence-electron chi connectivity index (χ2n) is 5.77. The van der Waals surface area contributed by atoms with Gasteiger partial charge in [-0.1, -0.05) is 0 Å². The van der Waals surface area contributed by atoms with Crippen LogP contribution in [0.15, 0.2) is 36.7 Å². The van der Waals surface area contributed by atoms with E-state index >= 15 is 0 Å². The molecule has 25 heavy (non-hydrogen) atoms. The highest BCUT2D eigenvalue weighted by Crippen LogP contribution is 2.22. The number of nitrogens with zero attached hydrogens (tertiary/aromatic N) is 2. The molecular weight excluding hydrogens is 327 g/mol. The predicted octanol–water partition coefficient (Wildman–Crippen LogP) is 2.09. The monoisotopic (exact) mass is 346 g/mol. The normalized spacial score (nSPS) is 17.1. The second-order valence-corrected chi connectivity index (χ2v) is 5.77. The topological polar surface area (TPSA) is 85.3 Å². The Bertz CT molecular complexity index is 739. The van der Waals surface area contributed by atoms with E-state index in [1.54, 1.807) is 10.9 Å². The average molecular weight is 346 g/mol. The molecule has 1 aromatic heterocycles. The fourth-order valence-corrected chi connectivity index (χ4v) is 2.56. The Morgan fingerprint density at radius 2 is 2.08 bits per heavy atom. The fourth-order valence-electron chi connectivity index (χ4n) is 2.56. The van der Waals surface area contributed by atoms with Gasteiger partial charge in [0.15, 0.2) is 0 Å². The molecule has 1 unspecified atom stereocenters. The first kappa shape index (κ1) is 17.1. The first-order valence-electron chi connectivity index (χ1n) is 8.11. The molecule has 0 radical (unpaired) electrons. The highest BCUT2D eigenvalue weighted by molar-refractivity contribution is 5.99. The van der Waals surface area contributed by atoms with Crippen molar-refractivity contribution in [1.82, 2.24) is 15.1 Å². The Hall–Kier alpha value is -2.74. The van der Waals surface area contributed by atoms with E-state index < -0.39 is 11.7 Å². The van der Waals surface area contributed by atoms with Gasteiger partial charge in [0.1, 0.15) is 12.0 Å². The summed E-state index contributed by atoms with van der Waals surface area (Å²) in [5, 5.41) is 9.35. The Morgan fingerprint density at radius 3 is 2.80 bits per heavy atom. The number of amides is 2. The minimum Gasteiger partial charge on any atom is -0.357 e. The summed E-state index contributed by atoms with van der Waals surface area (Å²) in [6.07, 6.45) is 6.17. The van der Waals surface area contributed by atoms with E-state index in [4.69, 9.17) is 4.74 Å². The zero-order valence-corrected chi connectivity index (χ0v) is 13.6. The number of rotatable bonds is 5. The van der Waals surface area contributed by atoms with Gasteiger partial charge in [-0.15, -0.1) is 0 Å². The number of carbonyl (C=O) groups excluding carboxylic acids is 2. The maximum atomic E-state index is 12.8. The van der Waals surface area contributed by atoms with Crippen LogP contribution in [0.25, 0.3) is 0 Å². The summed E-state index contributed by atoms with van der Waals surface area (Å²) in [5.74, 6) is -1.24. The van der Waals surface area contributed by atoms with Gasteiger partial charge < -0.3 is 15.4 Å². The van der Waals surface area contributed by atoms with Crippen molar-refractivity contribution in [1.29, 1.82) is 0 Å². The number of anilines is 1. The lowest BCUT2D eigenvalue weighted by Gasteiger charge is -2.22. The molecule has 1 saturated heterocycles. The molecule has 0 spiro atoms. The maximum Gasteiger partial charge on any atom is 0.251 e. The van der Waals surface area contributed by atoms with Crippen LogP contribution in [0.1, 0.15) is 35.8 Å². The fraction of sp³-hybridized carbons (Fsp3) is 0.353. The summed E-state index contributed by atoms with van der Waals surface area (Å²) >= 11 is 0. The zero-order chi connectivity index (χ0) is 17.6. The first-order chi connectivity index (χ1) is 12.1. The number of aromatic nitrogens is 2. The molecule has 1 atom stereocenters. The summed E-state index contributed by atoms with van der Waals surface area (Å²) in [6, 6.07) is 5.10. The smallest absolute Gasteiger partial charge is 0.251 e. The van der Waals surface area contributed by atoms with Crippen molar-refractivity contribution in [3.63, 3.8) is 0 Å². The van der Waals surface area contributed by atoms with Gasteiger partial charge in [-0.05, 0) is 43.5 Å². The largest absolute Gasteiger partial charge is 0.357 e. The van der Waals surface area contributed by atoms with Gasteiger partial charge in [0, 0.05) is 12.2 Å². The average Bonchev–Trinajstić information content (AvgIpc) is 3.09. The van der Waals surface area contributed by atoms with Crippen molar-refractivity contribution in [2.75, 3.05) is 18.5 Å². The lowest BCUT2D eigenvalue weighted by Crippen LogP contribution is -2.32. The van der Waals surface area contributed by atoms with Crippen LogP contribution in [-0.4, -0.2) is 34.7 Å². The van der Waals surface area contributed by atoms with Gasteiger partial charge in [0.2, 0.25) is 5.91 Å². The van der Waals surface area contributed by atoms with Crippen molar-refractivity contribution in [2.45, 2.75) is 25.5 Å². The summed E-state index contributed by atoms with van der Waals surface area (Å²) in [6.45, 7) is 0.517. The third-order valence-corrected chi connectivity index (χ3v) is 3.85. The second kappa shape index (κ2) is 7.89. The molecule has 8 heteroatoms. The van der Waals surface area contributed by atoms with Crippen LogP contribution in [0.2, 0.25) is 0 Å². The van der Waals surface area contributed by atoms with E-state index in [9.17, 15) is 14.0 Å². The predicted molar refractivity (Wildman–Crippen MR) is 88.4 cm³/mol. The maximum absolute atomic E-state index is 12.8. The van der Waals surface area contributed by atoms with Crippen molar-refractivity contribution in [3.8, 4) is 0 Å². The van der Waals surface area contributed by atoms with Crippen LogP contribution in [0.3, 0.4) is 0 Å². The molecule has 2 amide bonds. The number of benzene rings is 1. The number of nitrogens with one attached hydrogen (secondary N) is 2. The molecular formula is C17H19FN4O3. The van der Waals surface area contributed by atoms with E-state index in [0.717, 1.165) is 19.3 Å². The van der Waals surface area contributed by atoms with Gasteiger partial charge in [-0.2, -0.15) is 5.10 Å². The van der Waals surface area contributed by atoms with Crippen LogP contribution >= 0.6 is 0 Å². The minimum atomic E-state index is -0.443. The van der Waals surface area contributed by atoms with Gasteiger partial charge >= 0.3 is 0 Å². The van der Waals surface area contributed by atoms with E-state index in [0.29, 0.717) is 12.3 Å². The van der Waals surface area contributed by atoms with Gasteiger partial charge in [-0.25, -0.2) is 9.07 Å². The number of carbonyl (C=O) groups is 2. The standard InChI is InChI=1S/C17H19FN4O3/c18-13-6-4-12(5-7-13)17(24)19-10-15(23)21-14-9-20-22(11-14)16-3-1-2-8-25-16/h4-7,9,11,16H,1-3,8,10H2,(H,19,24)(H,21,23). The Morgan fingerprint density at radius 1 is 1.28 bits per heavy atom. The van der Waals surface area contributed by atoms with Crippen LogP contribution in [0.5, 0.6) is 0 Å². The van der Waals surface area contributed by atoms with E-state index in [1.165, 1.54) is 30.5 Å². The number of hydrogen-bond donors (Lipinski definition) is 2. The molecule has 0 aliphatic carbocycles. The van der Waals surface area contributed by atoms with E-state index in [2.05, 4.69) is 15.7 Å². The van der Waals surface area contributed by atoms with Crippen molar-refractivity contribution in [3.05, 3.63) is 48.0 Å². The van der Waals surface area contributed by atoms with Gasteiger partial charge in [-0.3, -0.25) is 9.59 Å². The molecule has 0 saturated carbocycles. The first-order valence-corrected chi connectivity index (χ1v) is 8.11. The highest BCUT2D eigenvalue weighted by atomic mass is 19.1. The van der Waals surface area contributed by atoms with E-state index in [-0.39, 0.29) is 24.2 Å². The molecule has 2 heterocycles. The van der Waals surface area contributed by atoms with E-state index in [1.807, 2.05) is 0 Å². The molecule has 132 valence electrons. The molecule has 2 N–H and O–H groups in total. The van der Waals surface area contributed by atoms with Gasteiger partial charge in [0.25, 0.3) is 5.91 Å². The molecule has 3 rings (SSSR count). The molecule has 1 aliphatic heterocycles. The quantitative estimate of drug-likeness (QED) is 0.868. The molecule has 1 fully saturated rings. The van der Waals surface area contributed by atoms with Crippen LogP contribution in [0.4, 0.5) is 10.1 Å². The molecule has 1 aliphatic rings. The van der Waals surface area contributed by atoms with Crippen LogP contribution in [-0.2, 0) is 9.53 Å². The number of hydrogen-bond acceptors (Lipinski definition) is 4. The Labute approximate surface area is 144 Å². The van der Waals surface area contributed by atoms with Gasteiger partial charge in [0.05, 0.1) is 24.6 Å². The Balaban J connectivity index is 1.48. The third-order valence-electron chi connectivity index (χ3n) is 3.85. The molecule has 1 aromatic carbocycles. The van der Waals surface area contributed by atoms with Crippen molar-refractivity contribution < 1.29 is 18.7 Å². The molecule has 7 nitrogen and oxygen atoms in total. The number of ether oxygens (including phenoxy) is 1. The highest BCUT2D eigenvalue weighted by Gasteiger charge is 2.17. The van der Waals surface area contributed by atoms with Crippen molar-refractivity contribution in [2.24, 2.45) is 0 Å². The summed E-state index contributed by atoms with van der Waals surface area (Å²) < 4.78 is 20.1.